The Labute approximate surface area is 120 Å². The summed E-state index contributed by atoms with van der Waals surface area (Å²) in [5.41, 5.74) is 0.606. The maximum atomic E-state index is 11.7. The highest BCUT2D eigenvalue weighted by Gasteiger charge is 2.25. The van der Waals surface area contributed by atoms with Gasteiger partial charge in [-0.2, -0.15) is 0 Å². The van der Waals surface area contributed by atoms with Gasteiger partial charge in [0, 0.05) is 10.2 Å². The molecule has 19 heavy (non-hydrogen) atoms. The van der Waals surface area contributed by atoms with Crippen LogP contribution >= 0.6 is 15.9 Å². The van der Waals surface area contributed by atoms with Gasteiger partial charge in [0.2, 0.25) is 0 Å². The minimum Gasteiger partial charge on any atom is -0.480 e. The number of halogens is 1. The number of benzene rings is 1. The molecule has 0 aliphatic carbocycles. The van der Waals surface area contributed by atoms with Crippen molar-refractivity contribution in [2.75, 3.05) is 5.32 Å². The van der Waals surface area contributed by atoms with E-state index in [1.165, 1.54) is 0 Å². The van der Waals surface area contributed by atoms with E-state index in [9.17, 15) is 9.59 Å². The molecule has 3 N–H and O–H groups in total. The lowest BCUT2D eigenvalue weighted by molar-refractivity contribution is -0.140. The fourth-order valence-electron chi connectivity index (χ4n) is 1.52. The summed E-state index contributed by atoms with van der Waals surface area (Å²) in [6, 6.07) is 5.62. The second-order valence-corrected chi connectivity index (χ2v) is 5.22. The van der Waals surface area contributed by atoms with Crippen LogP contribution in [0.2, 0.25) is 0 Å². The number of urea groups is 1. The molecule has 0 fully saturated rings. The van der Waals surface area contributed by atoms with Gasteiger partial charge in [-0.25, -0.2) is 9.59 Å². The van der Waals surface area contributed by atoms with Crippen LogP contribution in [0, 0.1) is 5.92 Å². The van der Waals surface area contributed by atoms with Crippen LogP contribution in [0.15, 0.2) is 28.7 Å². The van der Waals surface area contributed by atoms with Crippen molar-refractivity contribution in [3.8, 4) is 0 Å². The van der Waals surface area contributed by atoms with Gasteiger partial charge in [-0.05, 0) is 30.2 Å². The zero-order valence-electron chi connectivity index (χ0n) is 10.8. The molecule has 0 spiro atoms. The lowest BCUT2D eigenvalue weighted by Gasteiger charge is -2.20. The summed E-state index contributed by atoms with van der Waals surface area (Å²) in [7, 11) is 0. The molecule has 104 valence electrons. The molecule has 1 aromatic rings. The second-order valence-electron chi connectivity index (χ2n) is 4.31. The molecule has 1 rings (SSSR count). The Bertz CT molecular complexity index is 448. The molecule has 0 bridgehead atoms. The van der Waals surface area contributed by atoms with Crippen LogP contribution in [0.25, 0.3) is 0 Å². The average Bonchev–Trinajstić information content (AvgIpc) is 2.37. The Morgan fingerprint density at radius 1 is 1.32 bits per heavy atom. The number of hydrogen-bond acceptors (Lipinski definition) is 2. The molecule has 2 atom stereocenters. The molecule has 0 aliphatic rings. The molecule has 6 heteroatoms. The van der Waals surface area contributed by atoms with Gasteiger partial charge in [-0.3, -0.25) is 0 Å². The predicted molar refractivity (Wildman–Crippen MR) is 77.2 cm³/mol. The molecular weight excluding hydrogens is 312 g/mol. The maximum absolute atomic E-state index is 11.7. The first-order chi connectivity index (χ1) is 8.93. The molecular formula is C13H17BrN2O3. The predicted octanol–water partition coefficient (Wildman–Crippen LogP) is 3.07. The van der Waals surface area contributed by atoms with E-state index in [2.05, 4.69) is 26.6 Å². The first-order valence-electron chi connectivity index (χ1n) is 6.00. The number of aliphatic carboxylic acids is 1. The minimum absolute atomic E-state index is 0.131. The third-order valence-corrected chi connectivity index (χ3v) is 3.40. The van der Waals surface area contributed by atoms with Crippen molar-refractivity contribution in [1.82, 2.24) is 5.32 Å². The van der Waals surface area contributed by atoms with E-state index >= 15 is 0 Å². The zero-order valence-corrected chi connectivity index (χ0v) is 12.4. The number of rotatable bonds is 5. The molecule has 0 heterocycles. The molecule has 1 aromatic carbocycles. The van der Waals surface area contributed by atoms with Gasteiger partial charge in [0.1, 0.15) is 6.04 Å². The Morgan fingerprint density at radius 2 is 1.89 bits per heavy atom. The van der Waals surface area contributed by atoms with Gasteiger partial charge in [-0.1, -0.05) is 36.2 Å². The lowest BCUT2D eigenvalue weighted by Crippen LogP contribution is -2.46. The van der Waals surface area contributed by atoms with Crippen LogP contribution in [0.5, 0.6) is 0 Å². The van der Waals surface area contributed by atoms with Crippen molar-refractivity contribution in [3.63, 3.8) is 0 Å². The molecule has 2 amide bonds. The Kier molecular flexibility index (Phi) is 5.82. The van der Waals surface area contributed by atoms with E-state index in [0.29, 0.717) is 12.1 Å². The van der Waals surface area contributed by atoms with E-state index in [-0.39, 0.29) is 5.92 Å². The fraction of sp³-hybridized carbons (Fsp3) is 0.385. The Hall–Kier alpha value is -1.56. The van der Waals surface area contributed by atoms with E-state index in [0.717, 1.165) is 4.47 Å². The molecule has 0 aromatic heterocycles. The largest absolute Gasteiger partial charge is 0.480 e. The topological polar surface area (TPSA) is 78.4 Å². The second kappa shape index (κ2) is 7.13. The third kappa shape index (κ3) is 4.90. The normalized spacial score (nSPS) is 13.4. The highest BCUT2D eigenvalue weighted by molar-refractivity contribution is 9.10. The Balaban J connectivity index is 2.62. The van der Waals surface area contributed by atoms with Gasteiger partial charge in [-0.15, -0.1) is 0 Å². The number of nitrogens with one attached hydrogen (secondary N) is 2. The van der Waals surface area contributed by atoms with Crippen molar-refractivity contribution in [3.05, 3.63) is 28.7 Å². The molecule has 1 unspecified atom stereocenters. The molecule has 0 saturated heterocycles. The standard InChI is InChI=1S/C13H17BrN2O3/c1-3-8(2)11(12(17)18)16-13(19)15-10-6-4-9(14)5-7-10/h4-8,11H,3H2,1-2H3,(H,17,18)(H2,15,16,19)/t8-,11?/m0/s1. The van der Waals surface area contributed by atoms with E-state index in [1.807, 2.05) is 6.92 Å². The van der Waals surface area contributed by atoms with Crippen LogP contribution in [0.3, 0.4) is 0 Å². The van der Waals surface area contributed by atoms with Gasteiger partial charge >= 0.3 is 12.0 Å². The summed E-state index contributed by atoms with van der Waals surface area (Å²) in [4.78, 5) is 22.8. The summed E-state index contributed by atoms with van der Waals surface area (Å²) in [6.07, 6.45) is 0.676. The van der Waals surface area contributed by atoms with Gasteiger partial charge < -0.3 is 15.7 Å². The highest BCUT2D eigenvalue weighted by Crippen LogP contribution is 2.14. The van der Waals surface area contributed by atoms with Crippen LogP contribution < -0.4 is 10.6 Å². The number of carbonyl (C=O) groups excluding carboxylic acids is 1. The Morgan fingerprint density at radius 3 is 2.37 bits per heavy atom. The smallest absolute Gasteiger partial charge is 0.326 e. The summed E-state index contributed by atoms with van der Waals surface area (Å²) < 4.78 is 0.904. The van der Waals surface area contributed by atoms with Crippen molar-refractivity contribution in [2.24, 2.45) is 5.92 Å². The molecule has 0 saturated carbocycles. The molecule has 0 aliphatic heterocycles. The molecule has 5 nitrogen and oxygen atoms in total. The summed E-state index contributed by atoms with van der Waals surface area (Å²) >= 11 is 3.29. The van der Waals surface area contributed by atoms with Gasteiger partial charge in [0.05, 0.1) is 0 Å². The van der Waals surface area contributed by atoms with Crippen LogP contribution in [-0.2, 0) is 4.79 Å². The summed E-state index contributed by atoms with van der Waals surface area (Å²) in [5, 5.41) is 14.1. The number of hydrogen-bond donors (Lipinski definition) is 3. The SMILES string of the molecule is CC[C@H](C)C(NC(=O)Nc1ccc(Br)cc1)C(=O)O. The quantitative estimate of drug-likeness (QED) is 0.777. The van der Waals surface area contributed by atoms with Gasteiger partial charge in [0.15, 0.2) is 0 Å². The maximum Gasteiger partial charge on any atom is 0.326 e. The summed E-state index contributed by atoms with van der Waals surface area (Å²) in [6.45, 7) is 3.67. The van der Waals surface area contributed by atoms with Crippen molar-refractivity contribution in [1.29, 1.82) is 0 Å². The fourth-order valence-corrected chi connectivity index (χ4v) is 1.79. The average molecular weight is 329 g/mol. The van der Waals surface area contributed by atoms with Crippen molar-refractivity contribution >= 4 is 33.6 Å². The van der Waals surface area contributed by atoms with E-state index in [1.54, 1.807) is 31.2 Å². The van der Waals surface area contributed by atoms with Crippen LogP contribution in [-0.4, -0.2) is 23.1 Å². The van der Waals surface area contributed by atoms with E-state index < -0.39 is 18.0 Å². The number of carboxylic acids is 1. The van der Waals surface area contributed by atoms with Crippen LogP contribution in [0.1, 0.15) is 20.3 Å². The lowest BCUT2D eigenvalue weighted by atomic mass is 9.99. The first-order valence-corrected chi connectivity index (χ1v) is 6.79. The van der Waals surface area contributed by atoms with Crippen LogP contribution in [0.4, 0.5) is 10.5 Å². The summed E-state index contributed by atoms with van der Waals surface area (Å²) in [5.74, 6) is -1.16. The number of amides is 2. The third-order valence-electron chi connectivity index (χ3n) is 2.87. The number of anilines is 1. The van der Waals surface area contributed by atoms with E-state index in [4.69, 9.17) is 5.11 Å². The van der Waals surface area contributed by atoms with Crippen molar-refractivity contribution < 1.29 is 14.7 Å². The monoisotopic (exact) mass is 328 g/mol. The highest BCUT2D eigenvalue weighted by atomic mass is 79.9. The zero-order chi connectivity index (χ0) is 14.4. The number of carbonyl (C=O) groups is 2. The van der Waals surface area contributed by atoms with Gasteiger partial charge in [0.25, 0.3) is 0 Å². The first kappa shape index (κ1) is 15.5. The number of carboxylic acid groups (broad SMARTS) is 1. The van der Waals surface area contributed by atoms with Crippen molar-refractivity contribution in [2.45, 2.75) is 26.3 Å². The minimum atomic E-state index is -1.03. The molecule has 0 radical (unpaired) electrons.